The van der Waals surface area contributed by atoms with E-state index >= 15 is 0 Å². The summed E-state index contributed by atoms with van der Waals surface area (Å²) in [4.78, 5) is 68.5. The normalized spacial score (nSPS) is 16.8. The van der Waals surface area contributed by atoms with Crippen molar-refractivity contribution < 1.29 is 28.4 Å². The van der Waals surface area contributed by atoms with Crippen LogP contribution in [0.15, 0.2) is 54.6 Å². The summed E-state index contributed by atoms with van der Waals surface area (Å²) in [5.41, 5.74) is 0.981. The molecule has 1 aliphatic rings. The van der Waals surface area contributed by atoms with Crippen LogP contribution in [0.2, 0.25) is 0 Å². The lowest BCUT2D eigenvalue weighted by Crippen LogP contribution is -2.53. The van der Waals surface area contributed by atoms with Gasteiger partial charge in [0.05, 0.1) is 11.7 Å². The first-order chi connectivity index (χ1) is 19.4. The van der Waals surface area contributed by atoms with Crippen LogP contribution in [0.25, 0.3) is 10.9 Å². The van der Waals surface area contributed by atoms with Crippen molar-refractivity contribution in [1.29, 1.82) is 0 Å². The monoisotopic (exact) mass is 561 g/mol. The smallest absolute Gasteiger partial charge is 0.290 e. The van der Waals surface area contributed by atoms with Gasteiger partial charge < -0.3 is 15.6 Å². The van der Waals surface area contributed by atoms with Crippen LogP contribution in [0.4, 0.5) is 4.39 Å². The third-order valence-electron chi connectivity index (χ3n) is 7.31. The summed E-state index contributed by atoms with van der Waals surface area (Å²) in [7, 11) is 0. The van der Waals surface area contributed by atoms with E-state index in [9.17, 15) is 28.4 Å². The number of ketones is 3. The van der Waals surface area contributed by atoms with E-state index in [1.165, 1.54) is 12.1 Å². The van der Waals surface area contributed by atoms with Gasteiger partial charge in [-0.15, -0.1) is 0 Å². The zero-order valence-electron chi connectivity index (χ0n) is 23.6. The zero-order chi connectivity index (χ0) is 29.7. The average molecular weight is 562 g/mol. The Kier molecular flexibility index (Phi) is 9.15. The lowest BCUT2D eigenvalue weighted by atomic mass is 9.90. The number of halogens is 1. The molecule has 1 aliphatic carbocycles. The van der Waals surface area contributed by atoms with E-state index in [1.807, 2.05) is 30.3 Å². The Labute approximate surface area is 238 Å². The van der Waals surface area contributed by atoms with Gasteiger partial charge in [-0.25, -0.2) is 4.39 Å². The fraction of sp³-hybridized carbons (Fsp3) is 0.406. The first-order valence-electron chi connectivity index (χ1n) is 13.9. The summed E-state index contributed by atoms with van der Waals surface area (Å²) >= 11 is 0. The first-order valence-corrected chi connectivity index (χ1v) is 13.9. The van der Waals surface area contributed by atoms with Crippen molar-refractivity contribution in [3.8, 4) is 0 Å². The fourth-order valence-electron chi connectivity index (χ4n) is 5.25. The van der Waals surface area contributed by atoms with E-state index in [4.69, 9.17) is 0 Å². The molecule has 1 fully saturated rings. The SMILES string of the molecule is CC(C)(C)NC(=O)C(=O)[C@H](C[C@@H]1CCCC1=O)NC(=O)[C@@H](CC(=O)c1cc2cc(F)ccc2[nH]1)Cc1ccccc1. The molecule has 9 heteroatoms. The van der Waals surface area contributed by atoms with Crippen LogP contribution >= 0.6 is 0 Å². The molecule has 2 aromatic carbocycles. The van der Waals surface area contributed by atoms with Crippen molar-refractivity contribution in [2.24, 2.45) is 11.8 Å². The molecular weight excluding hydrogens is 525 g/mol. The summed E-state index contributed by atoms with van der Waals surface area (Å²) in [5, 5.41) is 5.90. The van der Waals surface area contributed by atoms with Gasteiger partial charge in [-0.2, -0.15) is 0 Å². The van der Waals surface area contributed by atoms with Gasteiger partial charge in [0.2, 0.25) is 11.7 Å². The molecule has 0 unspecified atom stereocenters. The predicted molar refractivity (Wildman–Crippen MR) is 153 cm³/mol. The van der Waals surface area contributed by atoms with Crippen LogP contribution in [0, 0.1) is 17.7 Å². The van der Waals surface area contributed by atoms with Crippen LogP contribution < -0.4 is 10.6 Å². The Morgan fingerprint density at radius 2 is 1.78 bits per heavy atom. The molecule has 0 spiro atoms. The molecule has 1 aromatic heterocycles. The molecule has 216 valence electrons. The van der Waals surface area contributed by atoms with Crippen molar-refractivity contribution in [2.75, 3.05) is 0 Å². The third kappa shape index (κ3) is 7.96. The number of H-pyrrole nitrogens is 1. The molecule has 3 aromatic rings. The maximum absolute atomic E-state index is 13.7. The van der Waals surface area contributed by atoms with Gasteiger partial charge in [0.25, 0.3) is 5.91 Å². The van der Waals surface area contributed by atoms with Gasteiger partial charge in [-0.1, -0.05) is 30.3 Å². The number of hydrogen-bond acceptors (Lipinski definition) is 5. The van der Waals surface area contributed by atoms with Crippen LogP contribution in [0.5, 0.6) is 0 Å². The molecule has 8 nitrogen and oxygen atoms in total. The summed E-state index contributed by atoms with van der Waals surface area (Å²) in [5.74, 6) is -4.28. The number of benzene rings is 2. The number of carbonyl (C=O) groups excluding carboxylic acids is 5. The molecule has 1 saturated carbocycles. The molecule has 0 aliphatic heterocycles. The van der Waals surface area contributed by atoms with Crippen molar-refractivity contribution in [2.45, 2.75) is 70.9 Å². The number of aromatic amines is 1. The van der Waals surface area contributed by atoms with Gasteiger partial charge in [-0.05, 0) is 76.3 Å². The van der Waals surface area contributed by atoms with Crippen molar-refractivity contribution in [1.82, 2.24) is 15.6 Å². The van der Waals surface area contributed by atoms with E-state index in [-0.39, 0.29) is 36.5 Å². The molecular formula is C32H36FN3O5. The molecule has 1 heterocycles. The van der Waals surface area contributed by atoms with E-state index < -0.39 is 46.8 Å². The van der Waals surface area contributed by atoms with Crippen molar-refractivity contribution in [3.05, 3.63) is 71.7 Å². The molecule has 0 bridgehead atoms. The highest BCUT2D eigenvalue weighted by Crippen LogP contribution is 2.27. The molecule has 0 radical (unpaired) electrons. The van der Waals surface area contributed by atoms with E-state index in [2.05, 4.69) is 15.6 Å². The average Bonchev–Trinajstić information content (AvgIpc) is 3.52. The number of fused-ring (bicyclic) bond motifs is 1. The Morgan fingerprint density at radius 3 is 2.44 bits per heavy atom. The van der Waals surface area contributed by atoms with Crippen LogP contribution in [0.3, 0.4) is 0 Å². The molecule has 41 heavy (non-hydrogen) atoms. The molecule has 0 saturated heterocycles. The predicted octanol–water partition coefficient (Wildman–Crippen LogP) is 4.47. The minimum Gasteiger partial charge on any atom is -0.352 e. The number of carbonyl (C=O) groups is 5. The topological polar surface area (TPSA) is 125 Å². The standard InChI is InChI=1S/C32H36FN3O5/c1-32(2,3)36-31(41)29(39)26(16-20-10-7-11-27(20)37)35-30(40)22(14-19-8-5-4-6-9-19)18-28(38)25-17-21-15-23(33)12-13-24(21)34-25/h4-6,8-9,12-13,15,17,20,22,26,34H,7,10-11,14,16,18H2,1-3H3,(H,35,40)(H,36,41)/t20-,22+,26-/m0/s1. The summed E-state index contributed by atoms with van der Waals surface area (Å²) < 4.78 is 13.7. The highest BCUT2D eigenvalue weighted by molar-refractivity contribution is 6.38. The summed E-state index contributed by atoms with van der Waals surface area (Å²) in [6.07, 6.45) is 1.75. The number of rotatable bonds is 11. The van der Waals surface area contributed by atoms with Crippen LogP contribution in [-0.4, -0.2) is 45.7 Å². The van der Waals surface area contributed by atoms with Crippen molar-refractivity contribution in [3.63, 3.8) is 0 Å². The van der Waals surface area contributed by atoms with Gasteiger partial charge in [0, 0.05) is 41.1 Å². The lowest BCUT2D eigenvalue weighted by molar-refractivity contribution is -0.141. The second-order valence-electron chi connectivity index (χ2n) is 11.8. The highest BCUT2D eigenvalue weighted by atomic mass is 19.1. The third-order valence-corrected chi connectivity index (χ3v) is 7.31. The Hall–Kier alpha value is -4.14. The largest absolute Gasteiger partial charge is 0.352 e. The minimum atomic E-state index is -1.21. The van der Waals surface area contributed by atoms with Crippen LogP contribution in [0.1, 0.15) is 68.9 Å². The first kappa shape index (κ1) is 29.8. The van der Waals surface area contributed by atoms with Gasteiger partial charge in [0.1, 0.15) is 11.6 Å². The van der Waals surface area contributed by atoms with E-state index in [0.29, 0.717) is 30.2 Å². The van der Waals surface area contributed by atoms with Crippen LogP contribution in [-0.2, 0) is 25.6 Å². The molecule has 3 N–H and O–H groups in total. The quantitative estimate of drug-likeness (QED) is 0.235. The van der Waals surface area contributed by atoms with Crippen molar-refractivity contribution >= 4 is 40.1 Å². The maximum atomic E-state index is 13.7. The summed E-state index contributed by atoms with van der Waals surface area (Å²) in [6.45, 7) is 5.23. The van der Waals surface area contributed by atoms with E-state index in [1.54, 1.807) is 32.9 Å². The molecule has 2 amide bonds. The number of Topliss-reactive ketones (excluding diaryl/α,β-unsaturated/α-hetero) is 3. The van der Waals surface area contributed by atoms with Gasteiger partial charge in [-0.3, -0.25) is 24.0 Å². The number of hydrogen-bond donors (Lipinski definition) is 3. The number of aromatic nitrogens is 1. The second-order valence-corrected chi connectivity index (χ2v) is 11.8. The Bertz CT molecular complexity index is 1460. The Morgan fingerprint density at radius 1 is 1.05 bits per heavy atom. The van der Waals surface area contributed by atoms with E-state index in [0.717, 1.165) is 5.56 Å². The molecule has 3 atom stereocenters. The van der Waals surface area contributed by atoms with Gasteiger partial charge in [0.15, 0.2) is 5.78 Å². The molecule has 4 rings (SSSR count). The second kappa shape index (κ2) is 12.6. The minimum absolute atomic E-state index is 0.0135. The number of amides is 2. The maximum Gasteiger partial charge on any atom is 0.290 e. The number of nitrogens with one attached hydrogen (secondary N) is 3. The van der Waals surface area contributed by atoms with Gasteiger partial charge >= 0.3 is 0 Å². The summed E-state index contributed by atoms with van der Waals surface area (Å²) in [6, 6.07) is 13.7. The zero-order valence-corrected chi connectivity index (χ0v) is 23.6. The lowest BCUT2D eigenvalue weighted by Gasteiger charge is -2.25. The highest BCUT2D eigenvalue weighted by Gasteiger charge is 2.36. The fourth-order valence-corrected chi connectivity index (χ4v) is 5.25. The Balaban J connectivity index is 1.58.